The summed E-state index contributed by atoms with van der Waals surface area (Å²) < 4.78 is 18.2. The molecule has 0 atom stereocenters. The summed E-state index contributed by atoms with van der Waals surface area (Å²) in [6, 6.07) is 14.3. The van der Waals surface area contributed by atoms with Crippen LogP contribution in [0.4, 0.5) is 4.39 Å². The first-order valence-corrected chi connectivity index (χ1v) is 10.9. The number of amides is 1. The van der Waals surface area contributed by atoms with Gasteiger partial charge in [-0.05, 0) is 74.0 Å². The first-order chi connectivity index (χ1) is 13.6. The normalized spacial score (nSPS) is 15.4. The van der Waals surface area contributed by atoms with Gasteiger partial charge in [-0.2, -0.15) is 0 Å². The highest BCUT2D eigenvalue weighted by Crippen LogP contribution is 2.24. The van der Waals surface area contributed by atoms with E-state index in [0.29, 0.717) is 18.2 Å². The molecule has 1 aliphatic rings. The van der Waals surface area contributed by atoms with Crippen LogP contribution in [-0.2, 0) is 11.3 Å². The molecule has 0 spiro atoms. The average molecular weight is 403 g/mol. The van der Waals surface area contributed by atoms with Gasteiger partial charge in [0.2, 0.25) is 0 Å². The maximum Gasteiger partial charge on any atom is 0.257 e. The van der Waals surface area contributed by atoms with Crippen molar-refractivity contribution in [2.75, 3.05) is 32.5 Å². The molecule has 0 saturated carbocycles. The molecule has 1 fully saturated rings. The number of carbonyl (C=O) groups excluding carboxylic acids is 1. The molecule has 0 unspecified atom stereocenters. The summed E-state index contributed by atoms with van der Waals surface area (Å²) in [5.41, 5.74) is 1.39. The molecule has 0 aliphatic carbocycles. The van der Waals surface area contributed by atoms with E-state index < -0.39 is 0 Å². The standard InChI is InChI=1S/C22H27FN2O2S/c1-28-21-5-3-2-4-18(21)15-25-12-10-17(11-13-25)14-24-22(26)16-27-20-8-6-19(23)7-9-20/h2-9,17H,10-16H2,1H3,(H,24,26). The van der Waals surface area contributed by atoms with Crippen LogP contribution in [0.15, 0.2) is 53.4 Å². The Morgan fingerprint density at radius 3 is 2.61 bits per heavy atom. The van der Waals surface area contributed by atoms with Gasteiger partial charge in [-0.15, -0.1) is 11.8 Å². The lowest BCUT2D eigenvalue weighted by molar-refractivity contribution is -0.123. The van der Waals surface area contributed by atoms with Crippen molar-refractivity contribution in [3.05, 3.63) is 59.9 Å². The topological polar surface area (TPSA) is 41.6 Å². The van der Waals surface area contributed by atoms with Crippen LogP contribution in [-0.4, -0.2) is 43.3 Å². The summed E-state index contributed by atoms with van der Waals surface area (Å²) in [6.07, 6.45) is 4.29. The zero-order chi connectivity index (χ0) is 19.8. The summed E-state index contributed by atoms with van der Waals surface area (Å²) in [7, 11) is 0. The zero-order valence-electron chi connectivity index (χ0n) is 16.2. The second-order valence-corrected chi connectivity index (χ2v) is 7.93. The number of nitrogens with one attached hydrogen (secondary N) is 1. The van der Waals surface area contributed by atoms with Crippen molar-refractivity contribution >= 4 is 17.7 Å². The predicted molar refractivity (Wildman–Crippen MR) is 111 cm³/mol. The molecule has 0 aromatic heterocycles. The first kappa shape index (κ1) is 20.7. The van der Waals surface area contributed by atoms with Crippen molar-refractivity contribution in [2.24, 2.45) is 5.92 Å². The van der Waals surface area contributed by atoms with Crippen molar-refractivity contribution < 1.29 is 13.9 Å². The van der Waals surface area contributed by atoms with Crippen molar-refractivity contribution in [2.45, 2.75) is 24.3 Å². The summed E-state index contributed by atoms with van der Waals surface area (Å²) in [6.45, 7) is 3.73. The highest BCUT2D eigenvalue weighted by atomic mass is 32.2. The van der Waals surface area contributed by atoms with Gasteiger partial charge in [0.05, 0.1) is 0 Å². The minimum Gasteiger partial charge on any atom is -0.484 e. The van der Waals surface area contributed by atoms with Crippen molar-refractivity contribution in [1.82, 2.24) is 10.2 Å². The lowest BCUT2D eigenvalue weighted by Gasteiger charge is -2.32. The van der Waals surface area contributed by atoms with Gasteiger partial charge in [0.25, 0.3) is 5.91 Å². The Hall–Kier alpha value is -2.05. The molecule has 4 nitrogen and oxygen atoms in total. The molecular weight excluding hydrogens is 375 g/mol. The Kier molecular flexibility index (Phi) is 7.74. The molecule has 1 saturated heterocycles. The number of carbonyl (C=O) groups is 1. The molecule has 0 radical (unpaired) electrons. The molecule has 2 aromatic rings. The minimum absolute atomic E-state index is 0.0457. The molecule has 1 amide bonds. The molecular formula is C22H27FN2O2S. The highest BCUT2D eigenvalue weighted by Gasteiger charge is 2.20. The molecule has 1 heterocycles. The molecule has 6 heteroatoms. The third kappa shape index (κ3) is 6.24. The van der Waals surface area contributed by atoms with Crippen molar-refractivity contribution in [3.8, 4) is 5.75 Å². The minimum atomic E-state index is -0.319. The van der Waals surface area contributed by atoms with Gasteiger partial charge in [-0.3, -0.25) is 9.69 Å². The molecule has 28 heavy (non-hydrogen) atoms. The van der Waals surface area contributed by atoms with E-state index in [1.54, 1.807) is 11.8 Å². The number of halogens is 1. The average Bonchev–Trinajstić information content (AvgIpc) is 2.73. The van der Waals surface area contributed by atoms with Crippen LogP contribution in [0, 0.1) is 11.7 Å². The second kappa shape index (κ2) is 10.5. The fraction of sp³-hybridized carbons (Fsp3) is 0.409. The SMILES string of the molecule is CSc1ccccc1CN1CCC(CNC(=O)COc2ccc(F)cc2)CC1. The van der Waals surface area contributed by atoms with E-state index in [2.05, 4.69) is 40.7 Å². The Balaban J connectivity index is 1.35. The summed E-state index contributed by atoms with van der Waals surface area (Å²) in [5.74, 6) is 0.540. The number of hydrogen-bond acceptors (Lipinski definition) is 4. The highest BCUT2D eigenvalue weighted by molar-refractivity contribution is 7.98. The van der Waals surface area contributed by atoms with E-state index in [0.717, 1.165) is 32.5 Å². The van der Waals surface area contributed by atoms with Gasteiger partial charge < -0.3 is 10.1 Å². The van der Waals surface area contributed by atoms with Gasteiger partial charge in [-0.25, -0.2) is 4.39 Å². The molecule has 1 N–H and O–H groups in total. The van der Waals surface area contributed by atoms with Gasteiger partial charge >= 0.3 is 0 Å². The van der Waals surface area contributed by atoms with Gasteiger partial charge in [0.15, 0.2) is 6.61 Å². The Morgan fingerprint density at radius 2 is 1.89 bits per heavy atom. The summed E-state index contributed by atoms with van der Waals surface area (Å²) in [4.78, 5) is 15.8. The van der Waals surface area contributed by atoms with E-state index in [4.69, 9.17) is 4.74 Å². The second-order valence-electron chi connectivity index (χ2n) is 7.08. The molecule has 150 valence electrons. The number of nitrogens with zero attached hydrogens (tertiary/aromatic N) is 1. The number of likely N-dealkylation sites (tertiary alicyclic amines) is 1. The fourth-order valence-electron chi connectivity index (χ4n) is 3.41. The number of hydrogen-bond donors (Lipinski definition) is 1. The number of benzene rings is 2. The third-order valence-electron chi connectivity index (χ3n) is 5.07. The monoisotopic (exact) mass is 402 g/mol. The molecule has 3 rings (SSSR count). The van der Waals surface area contributed by atoms with Crippen molar-refractivity contribution in [1.29, 1.82) is 0 Å². The van der Waals surface area contributed by atoms with E-state index >= 15 is 0 Å². The number of ether oxygens (including phenoxy) is 1. The maximum absolute atomic E-state index is 12.9. The Bertz CT molecular complexity index is 761. The third-order valence-corrected chi connectivity index (χ3v) is 5.90. The zero-order valence-corrected chi connectivity index (χ0v) is 17.0. The van der Waals surface area contributed by atoms with Crippen LogP contribution < -0.4 is 10.1 Å². The van der Waals surface area contributed by atoms with Gasteiger partial charge in [0.1, 0.15) is 11.6 Å². The number of piperidine rings is 1. The maximum atomic E-state index is 12.9. The molecule has 1 aliphatic heterocycles. The van der Waals surface area contributed by atoms with Crippen LogP contribution in [0.5, 0.6) is 5.75 Å². The van der Waals surface area contributed by atoms with Crippen LogP contribution in [0.1, 0.15) is 18.4 Å². The van der Waals surface area contributed by atoms with Gasteiger partial charge in [0, 0.05) is 18.0 Å². The van der Waals surface area contributed by atoms with Crippen molar-refractivity contribution in [3.63, 3.8) is 0 Å². The lowest BCUT2D eigenvalue weighted by Crippen LogP contribution is -2.39. The summed E-state index contributed by atoms with van der Waals surface area (Å²) >= 11 is 1.79. The van der Waals surface area contributed by atoms with Crippen LogP contribution in [0.3, 0.4) is 0 Å². The summed E-state index contributed by atoms with van der Waals surface area (Å²) in [5, 5.41) is 2.96. The quantitative estimate of drug-likeness (QED) is 0.679. The largest absolute Gasteiger partial charge is 0.484 e. The van der Waals surface area contributed by atoms with E-state index in [1.807, 2.05) is 0 Å². The predicted octanol–water partition coefficient (Wildman–Crippen LogP) is 3.95. The van der Waals surface area contributed by atoms with E-state index in [-0.39, 0.29) is 18.3 Å². The van der Waals surface area contributed by atoms with E-state index in [1.165, 1.54) is 34.7 Å². The number of rotatable bonds is 8. The van der Waals surface area contributed by atoms with Crippen LogP contribution >= 0.6 is 11.8 Å². The smallest absolute Gasteiger partial charge is 0.257 e. The Morgan fingerprint density at radius 1 is 1.18 bits per heavy atom. The van der Waals surface area contributed by atoms with Crippen LogP contribution in [0.25, 0.3) is 0 Å². The first-order valence-electron chi connectivity index (χ1n) is 9.63. The fourth-order valence-corrected chi connectivity index (χ4v) is 4.02. The molecule has 0 bridgehead atoms. The lowest BCUT2D eigenvalue weighted by atomic mass is 9.96. The Labute approximate surface area is 170 Å². The van der Waals surface area contributed by atoms with Crippen LogP contribution in [0.2, 0.25) is 0 Å². The van der Waals surface area contributed by atoms with E-state index in [9.17, 15) is 9.18 Å². The number of thioether (sulfide) groups is 1. The van der Waals surface area contributed by atoms with Gasteiger partial charge in [-0.1, -0.05) is 18.2 Å². The molecule has 2 aromatic carbocycles.